The van der Waals surface area contributed by atoms with Crippen molar-refractivity contribution in [3.8, 4) is 0 Å². The van der Waals surface area contributed by atoms with Crippen molar-refractivity contribution in [1.82, 2.24) is 0 Å². The molecule has 0 aromatic heterocycles. The Morgan fingerprint density at radius 1 is 0.917 bits per heavy atom. The van der Waals surface area contributed by atoms with Gasteiger partial charge < -0.3 is 15.8 Å². The molecule has 0 unspecified atom stereocenters. The summed E-state index contributed by atoms with van der Waals surface area (Å²) in [5.74, 6) is -0.179. The zero-order valence-corrected chi connectivity index (χ0v) is 13.7. The van der Waals surface area contributed by atoms with E-state index in [1.807, 2.05) is 60.7 Å². The van der Waals surface area contributed by atoms with Crippen LogP contribution in [-0.4, -0.2) is 29.0 Å². The number of ketones is 1. The minimum atomic E-state index is -1.42. The number of hydrogen-bond donors (Lipinski definition) is 3. The van der Waals surface area contributed by atoms with E-state index in [2.05, 4.69) is 0 Å². The molecule has 5 heteroatoms. The van der Waals surface area contributed by atoms with Gasteiger partial charge >= 0.3 is 7.12 Å². The van der Waals surface area contributed by atoms with Crippen molar-refractivity contribution in [2.45, 2.75) is 31.6 Å². The molecule has 0 radical (unpaired) electrons. The van der Waals surface area contributed by atoms with Crippen LogP contribution in [0.4, 0.5) is 0 Å². The first kappa shape index (κ1) is 18.4. The van der Waals surface area contributed by atoms with Crippen molar-refractivity contribution in [3.63, 3.8) is 0 Å². The van der Waals surface area contributed by atoms with Gasteiger partial charge in [-0.3, -0.25) is 4.79 Å². The number of carbonyl (C=O) groups is 1. The Morgan fingerprint density at radius 3 is 1.92 bits per heavy atom. The molecule has 0 aliphatic heterocycles. The molecule has 2 aromatic rings. The molecule has 0 saturated carbocycles. The topological polar surface area (TPSA) is 83.6 Å². The van der Waals surface area contributed by atoms with Crippen LogP contribution in [0, 0.1) is 5.92 Å². The standard InChI is InChI=1S/C19H24BNO3/c21-18(12-16-9-5-2-6-10-16)19(22)13-17(14-20(23)24)11-15-7-3-1-4-8-15/h1-10,17-18,23-24H,11-14,21H2/t17-,18-/m0/s1. The lowest BCUT2D eigenvalue weighted by Gasteiger charge is -2.18. The number of carbonyl (C=O) groups excluding carboxylic acids is 1. The predicted octanol–water partition coefficient (Wildman–Crippen LogP) is 1.85. The fourth-order valence-corrected chi connectivity index (χ4v) is 2.90. The van der Waals surface area contributed by atoms with Gasteiger partial charge in [0.15, 0.2) is 0 Å². The van der Waals surface area contributed by atoms with E-state index in [-0.39, 0.29) is 24.4 Å². The van der Waals surface area contributed by atoms with Crippen LogP contribution < -0.4 is 5.73 Å². The smallest absolute Gasteiger partial charge is 0.427 e. The van der Waals surface area contributed by atoms with Crippen LogP contribution in [0.15, 0.2) is 60.7 Å². The summed E-state index contributed by atoms with van der Waals surface area (Å²) in [6, 6.07) is 18.9. The third kappa shape index (κ3) is 6.28. The second-order valence-electron chi connectivity index (χ2n) is 6.24. The van der Waals surface area contributed by atoms with E-state index < -0.39 is 13.2 Å². The molecule has 0 aliphatic carbocycles. The molecule has 4 nitrogen and oxygen atoms in total. The number of benzene rings is 2. The molecular weight excluding hydrogens is 301 g/mol. The summed E-state index contributed by atoms with van der Waals surface area (Å²) in [5, 5.41) is 18.6. The van der Waals surface area contributed by atoms with Crippen LogP contribution in [0.1, 0.15) is 17.5 Å². The second-order valence-corrected chi connectivity index (χ2v) is 6.24. The molecule has 126 valence electrons. The molecule has 0 amide bonds. The normalized spacial score (nSPS) is 13.3. The summed E-state index contributed by atoms with van der Waals surface area (Å²) in [5.41, 5.74) is 8.15. The van der Waals surface area contributed by atoms with Crippen molar-refractivity contribution in [2.24, 2.45) is 11.7 Å². The van der Waals surface area contributed by atoms with Crippen LogP contribution >= 0.6 is 0 Å². The Labute approximate surface area is 143 Å². The average Bonchev–Trinajstić information content (AvgIpc) is 2.56. The summed E-state index contributed by atoms with van der Waals surface area (Å²) >= 11 is 0. The van der Waals surface area contributed by atoms with E-state index in [1.165, 1.54) is 0 Å². The number of Topliss-reactive ketones (excluding diaryl/α,β-unsaturated/α-hetero) is 1. The highest BCUT2D eigenvalue weighted by Crippen LogP contribution is 2.19. The molecule has 0 aliphatic rings. The zero-order valence-electron chi connectivity index (χ0n) is 13.7. The highest BCUT2D eigenvalue weighted by molar-refractivity contribution is 6.41. The molecule has 2 atom stereocenters. The van der Waals surface area contributed by atoms with Crippen LogP contribution in [0.3, 0.4) is 0 Å². The summed E-state index contributed by atoms with van der Waals surface area (Å²) in [7, 11) is -1.42. The van der Waals surface area contributed by atoms with Crippen molar-refractivity contribution >= 4 is 12.9 Å². The van der Waals surface area contributed by atoms with Crippen LogP contribution in [-0.2, 0) is 17.6 Å². The molecular formula is C19H24BNO3. The van der Waals surface area contributed by atoms with Gasteiger partial charge in [0, 0.05) is 6.42 Å². The maximum Gasteiger partial charge on any atom is 0.451 e. The second kappa shape index (κ2) is 9.37. The minimum Gasteiger partial charge on any atom is -0.427 e. The lowest BCUT2D eigenvalue weighted by molar-refractivity contribution is -0.121. The van der Waals surface area contributed by atoms with E-state index >= 15 is 0 Å². The molecule has 24 heavy (non-hydrogen) atoms. The highest BCUT2D eigenvalue weighted by atomic mass is 16.4. The van der Waals surface area contributed by atoms with Crippen LogP contribution in [0.5, 0.6) is 0 Å². The van der Waals surface area contributed by atoms with Gasteiger partial charge in [-0.15, -0.1) is 0 Å². The number of nitrogens with two attached hydrogens (primary N) is 1. The lowest BCUT2D eigenvalue weighted by atomic mass is 9.74. The third-order valence-corrected chi connectivity index (χ3v) is 4.11. The molecule has 4 N–H and O–H groups in total. The van der Waals surface area contributed by atoms with E-state index in [9.17, 15) is 14.8 Å². The van der Waals surface area contributed by atoms with Gasteiger partial charge in [0.25, 0.3) is 0 Å². The molecule has 0 bridgehead atoms. The van der Waals surface area contributed by atoms with E-state index in [1.54, 1.807) is 0 Å². The SMILES string of the molecule is N[C@@H](Cc1ccccc1)C(=O)C[C@@H](CB(O)O)Cc1ccccc1. The van der Waals surface area contributed by atoms with E-state index in [4.69, 9.17) is 5.73 Å². The van der Waals surface area contributed by atoms with Crippen LogP contribution in [0.2, 0.25) is 6.32 Å². The summed E-state index contributed by atoms with van der Waals surface area (Å²) < 4.78 is 0. The highest BCUT2D eigenvalue weighted by Gasteiger charge is 2.23. The minimum absolute atomic E-state index is 0.0413. The van der Waals surface area contributed by atoms with Gasteiger partial charge in [-0.25, -0.2) is 0 Å². The zero-order chi connectivity index (χ0) is 17.4. The Bertz CT molecular complexity index is 619. The number of hydrogen-bond acceptors (Lipinski definition) is 4. The monoisotopic (exact) mass is 325 g/mol. The fourth-order valence-electron chi connectivity index (χ4n) is 2.90. The number of rotatable bonds is 9. The van der Waals surface area contributed by atoms with Crippen molar-refractivity contribution in [3.05, 3.63) is 71.8 Å². The van der Waals surface area contributed by atoms with Gasteiger partial charge in [-0.2, -0.15) is 0 Å². The Balaban J connectivity index is 1.95. The fraction of sp³-hybridized carbons (Fsp3) is 0.316. The molecule has 0 spiro atoms. The first-order chi connectivity index (χ1) is 11.5. The van der Waals surface area contributed by atoms with Crippen molar-refractivity contribution in [2.75, 3.05) is 0 Å². The predicted molar refractivity (Wildman–Crippen MR) is 96.4 cm³/mol. The van der Waals surface area contributed by atoms with Crippen molar-refractivity contribution in [1.29, 1.82) is 0 Å². The quantitative estimate of drug-likeness (QED) is 0.615. The van der Waals surface area contributed by atoms with Gasteiger partial charge in [0.05, 0.1) is 6.04 Å². The van der Waals surface area contributed by atoms with Crippen molar-refractivity contribution < 1.29 is 14.8 Å². The van der Waals surface area contributed by atoms with Gasteiger partial charge in [0.1, 0.15) is 5.78 Å². The summed E-state index contributed by atoms with van der Waals surface area (Å²) in [6.07, 6.45) is 1.54. The maximum absolute atomic E-state index is 12.4. The largest absolute Gasteiger partial charge is 0.451 e. The Morgan fingerprint density at radius 2 is 1.42 bits per heavy atom. The molecule has 0 fully saturated rings. The molecule has 0 heterocycles. The Hall–Kier alpha value is -1.95. The summed E-state index contributed by atoms with van der Waals surface area (Å²) in [6.45, 7) is 0. The molecule has 0 saturated heterocycles. The van der Waals surface area contributed by atoms with Crippen LogP contribution in [0.25, 0.3) is 0 Å². The van der Waals surface area contributed by atoms with E-state index in [0.29, 0.717) is 12.8 Å². The van der Waals surface area contributed by atoms with Gasteiger partial charge in [0.2, 0.25) is 0 Å². The van der Waals surface area contributed by atoms with E-state index in [0.717, 1.165) is 11.1 Å². The molecule has 2 aromatic carbocycles. The van der Waals surface area contributed by atoms with Gasteiger partial charge in [-0.05, 0) is 36.2 Å². The average molecular weight is 325 g/mol. The first-order valence-corrected chi connectivity index (χ1v) is 8.27. The lowest BCUT2D eigenvalue weighted by Crippen LogP contribution is -2.35. The Kier molecular flexibility index (Phi) is 7.19. The first-order valence-electron chi connectivity index (χ1n) is 8.27. The maximum atomic E-state index is 12.4. The van der Waals surface area contributed by atoms with Gasteiger partial charge in [-0.1, -0.05) is 60.7 Å². The third-order valence-electron chi connectivity index (χ3n) is 4.11. The summed E-state index contributed by atoms with van der Waals surface area (Å²) in [4.78, 5) is 12.4. The molecule has 2 rings (SSSR count).